The standard InChI is InChI=1S/C23H27N9O/c1-17(2)20-14-21(32-23(27-20)25-16-26-32)30-11-8-29(9-12-30)10-13-31-22(33)6-5-19(28-31)18-4-3-7-24-15-18/h3-7,14-17H,8-13H2,1-2H3. The summed E-state index contributed by atoms with van der Waals surface area (Å²) in [6, 6.07) is 9.26. The lowest BCUT2D eigenvalue weighted by molar-refractivity contribution is 0.242. The molecule has 1 aliphatic heterocycles. The van der Waals surface area contributed by atoms with Gasteiger partial charge in [-0.25, -0.2) is 9.67 Å². The van der Waals surface area contributed by atoms with Crippen molar-refractivity contribution in [1.29, 1.82) is 0 Å². The van der Waals surface area contributed by atoms with Crippen molar-refractivity contribution in [3.63, 3.8) is 0 Å². The normalized spacial score (nSPS) is 14.9. The van der Waals surface area contributed by atoms with Gasteiger partial charge in [-0.15, -0.1) is 0 Å². The lowest BCUT2D eigenvalue weighted by Crippen LogP contribution is -2.48. The number of anilines is 1. The molecule has 0 saturated carbocycles. The summed E-state index contributed by atoms with van der Waals surface area (Å²) in [5.74, 6) is 1.99. The molecule has 0 aliphatic carbocycles. The van der Waals surface area contributed by atoms with E-state index in [0.29, 0.717) is 18.2 Å². The number of nitrogens with zero attached hydrogens (tertiary/aromatic N) is 9. The molecule has 1 fully saturated rings. The number of hydrogen-bond donors (Lipinski definition) is 0. The van der Waals surface area contributed by atoms with Crippen molar-refractivity contribution < 1.29 is 0 Å². The second kappa shape index (κ2) is 9.07. The number of hydrogen-bond acceptors (Lipinski definition) is 8. The Balaban J connectivity index is 1.25. The summed E-state index contributed by atoms with van der Waals surface area (Å²) >= 11 is 0. The molecule has 1 aliphatic rings. The van der Waals surface area contributed by atoms with E-state index in [1.54, 1.807) is 35.5 Å². The molecule has 33 heavy (non-hydrogen) atoms. The summed E-state index contributed by atoms with van der Waals surface area (Å²) in [5.41, 5.74) is 2.58. The number of fused-ring (bicyclic) bond motifs is 1. The third kappa shape index (κ3) is 4.47. The highest BCUT2D eigenvalue weighted by Gasteiger charge is 2.21. The van der Waals surface area contributed by atoms with Crippen LogP contribution in [-0.2, 0) is 6.54 Å². The van der Waals surface area contributed by atoms with Crippen LogP contribution in [0.3, 0.4) is 0 Å². The van der Waals surface area contributed by atoms with Crippen molar-refractivity contribution in [3.8, 4) is 11.3 Å². The third-order valence-corrected chi connectivity index (χ3v) is 5.99. The van der Waals surface area contributed by atoms with E-state index in [-0.39, 0.29) is 5.56 Å². The number of aromatic nitrogens is 7. The smallest absolute Gasteiger partial charge is 0.266 e. The second-order valence-corrected chi connectivity index (χ2v) is 8.52. The lowest BCUT2D eigenvalue weighted by Gasteiger charge is -2.36. The Kier molecular flexibility index (Phi) is 5.82. The maximum absolute atomic E-state index is 12.3. The first-order chi connectivity index (χ1) is 16.1. The Bertz CT molecular complexity index is 1290. The monoisotopic (exact) mass is 445 g/mol. The zero-order valence-electron chi connectivity index (χ0n) is 18.9. The molecule has 170 valence electrons. The summed E-state index contributed by atoms with van der Waals surface area (Å²) in [7, 11) is 0. The van der Waals surface area contributed by atoms with E-state index in [4.69, 9.17) is 0 Å². The van der Waals surface area contributed by atoms with Gasteiger partial charge < -0.3 is 4.90 Å². The Hall–Kier alpha value is -3.66. The molecular formula is C23H27N9O. The molecule has 0 aromatic carbocycles. The Morgan fingerprint density at radius 2 is 1.91 bits per heavy atom. The van der Waals surface area contributed by atoms with Crippen molar-refractivity contribution in [2.75, 3.05) is 37.6 Å². The molecule has 0 amide bonds. The number of rotatable bonds is 6. The maximum atomic E-state index is 12.3. The molecule has 5 rings (SSSR count). The summed E-state index contributed by atoms with van der Waals surface area (Å²) in [6.07, 6.45) is 5.03. The van der Waals surface area contributed by atoms with Crippen molar-refractivity contribution in [3.05, 3.63) is 65.1 Å². The van der Waals surface area contributed by atoms with Crippen LogP contribution in [-0.4, -0.2) is 72.0 Å². The molecule has 4 aromatic heterocycles. The van der Waals surface area contributed by atoms with Crippen molar-refractivity contribution in [1.82, 2.24) is 39.2 Å². The van der Waals surface area contributed by atoms with Crippen LogP contribution in [0, 0.1) is 0 Å². The van der Waals surface area contributed by atoms with Gasteiger partial charge >= 0.3 is 0 Å². The van der Waals surface area contributed by atoms with Crippen LogP contribution in [0.1, 0.15) is 25.5 Å². The van der Waals surface area contributed by atoms with Crippen LogP contribution in [0.2, 0.25) is 0 Å². The molecule has 5 heterocycles. The molecule has 0 bridgehead atoms. The van der Waals surface area contributed by atoms with Gasteiger partial charge in [0.05, 0.1) is 17.9 Å². The summed E-state index contributed by atoms with van der Waals surface area (Å²) < 4.78 is 3.36. The van der Waals surface area contributed by atoms with Gasteiger partial charge in [0.1, 0.15) is 12.1 Å². The first-order valence-electron chi connectivity index (χ1n) is 11.2. The van der Waals surface area contributed by atoms with E-state index in [9.17, 15) is 4.79 Å². The van der Waals surface area contributed by atoms with Gasteiger partial charge in [-0.1, -0.05) is 13.8 Å². The highest BCUT2D eigenvalue weighted by Crippen LogP contribution is 2.22. The maximum Gasteiger partial charge on any atom is 0.266 e. The van der Waals surface area contributed by atoms with E-state index < -0.39 is 0 Å². The molecule has 0 radical (unpaired) electrons. The van der Waals surface area contributed by atoms with Crippen LogP contribution in [0.4, 0.5) is 5.82 Å². The quantitative estimate of drug-likeness (QED) is 0.442. The highest BCUT2D eigenvalue weighted by molar-refractivity contribution is 5.56. The topological polar surface area (TPSA) is 97.3 Å². The predicted octanol–water partition coefficient (Wildman–Crippen LogP) is 1.69. The molecule has 1 saturated heterocycles. The minimum Gasteiger partial charge on any atom is -0.354 e. The van der Waals surface area contributed by atoms with Gasteiger partial charge in [-0.2, -0.15) is 19.7 Å². The zero-order valence-corrected chi connectivity index (χ0v) is 18.9. The molecule has 0 N–H and O–H groups in total. The Morgan fingerprint density at radius 3 is 2.67 bits per heavy atom. The fraction of sp³-hybridized carbons (Fsp3) is 0.391. The molecule has 10 heteroatoms. The van der Waals surface area contributed by atoms with Crippen molar-refractivity contribution in [2.45, 2.75) is 26.3 Å². The second-order valence-electron chi connectivity index (χ2n) is 8.52. The predicted molar refractivity (Wildman–Crippen MR) is 125 cm³/mol. The molecular weight excluding hydrogens is 418 g/mol. The van der Waals surface area contributed by atoms with E-state index in [1.165, 1.54) is 0 Å². The van der Waals surface area contributed by atoms with Gasteiger partial charge in [0.25, 0.3) is 11.3 Å². The first-order valence-corrected chi connectivity index (χ1v) is 11.2. The van der Waals surface area contributed by atoms with E-state index in [0.717, 1.165) is 55.5 Å². The number of pyridine rings is 1. The number of piperazine rings is 1. The average molecular weight is 446 g/mol. The van der Waals surface area contributed by atoms with Crippen molar-refractivity contribution in [2.24, 2.45) is 0 Å². The van der Waals surface area contributed by atoms with E-state index >= 15 is 0 Å². The molecule has 4 aromatic rings. The van der Waals surface area contributed by atoms with Crippen LogP contribution < -0.4 is 10.5 Å². The van der Waals surface area contributed by atoms with Gasteiger partial charge in [0, 0.05) is 62.8 Å². The molecule has 10 nitrogen and oxygen atoms in total. The third-order valence-electron chi connectivity index (χ3n) is 5.99. The zero-order chi connectivity index (χ0) is 22.8. The van der Waals surface area contributed by atoms with Gasteiger partial charge in [-0.3, -0.25) is 14.7 Å². The Labute approximate surface area is 191 Å². The summed E-state index contributed by atoms with van der Waals surface area (Å²) in [6.45, 7) is 9.12. The molecule has 0 atom stereocenters. The largest absolute Gasteiger partial charge is 0.354 e. The minimum absolute atomic E-state index is 0.0900. The first kappa shape index (κ1) is 21.2. The van der Waals surface area contributed by atoms with Crippen LogP contribution in [0.25, 0.3) is 17.0 Å². The van der Waals surface area contributed by atoms with Crippen LogP contribution in [0.15, 0.2) is 53.8 Å². The van der Waals surface area contributed by atoms with Gasteiger partial charge in [0.15, 0.2) is 0 Å². The SMILES string of the molecule is CC(C)c1cc(N2CCN(CCn3nc(-c4cccnc4)ccc3=O)CC2)n2ncnc2n1. The van der Waals surface area contributed by atoms with Gasteiger partial charge in [0.2, 0.25) is 0 Å². The fourth-order valence-electron chi connectivity index (χ4n) is 4.05. The lowest BCUT2D eigenvalue weighted by atomic mass is 10.1. The van der Waals surface area contributed by atoms with E-state index in [2.05, 4.69) is 54.9 Å². The Morgan fingerprint density at radius 1 is 1.06 bits per heavy atom. The highest BCUT2D eigenvalue weighted by atomic mass is 16.1. The summed E-state index contributed by atoms with van der Waals surface area (Å²) in [5, 5.41) is 8.91. The fourth-order valence-corrected chi connectivity index (χ4v) is 4.05. The molecule has 0 spiro atoms. The molecule has 0 unspecified atom stereocenters. The van der Waals surface area contributed by atoms with Crippen molar-refractivity contribution >= 4 is 11.6 Å². The van der Waals surface area contributed by atoms with E-state index in [1.807, 2.05) is 16.6 Å². The minimum atomic E-state index is -0.0900. The average Bonchev–Trinajstić information content (AvgIpc) is 3.33. The van der Waals surface area contributed by atoms with Crippen LogP contribution >= 0.6 is 0 Å². The summed E-state index contributed by atoms with van der Waals surface area (Å²) in [4.78, 5) is 30.1. The van der Waals surface area contributed by atoms with Crippen LogP contribution in [0.5, 0.6) is 0 Å². The van der Waals surface area contributed by atoms with Gasteiger partial charge in [-0.05, 0) is 24.1 Å².